The standard InChI is InChI=1S/C11H22N4O/c1-3-11(2,9(12)13)14-10(16)15-7-5-4-6-8-15/h3-8H2,1-2H3,(H3,12,13)(H,14,16). The van der Waals surface area contributed by atoms with Gasteiger partial charge in [0.2, 0.25) is 0 Å². The molecule has 92 valence electrons. The van der Waals surface area contributed by atoms with Crippen LogP contribution in [0.15, 0.2) is 0 Å². The van der Waals surface area contributed by atoms with Gasteiger partial charge in [-0.3, -0.25) is 5.41 Å². The van der Waals surface area contributed by atoms with Crippen LogP contribution in [0, 0.1) is 5.41 Å². The maximum absolute atomic E-state index is 11.9. The average Bonchev–Trinajstić information content (AvgIpc) is 2.29. The Labute approximate surface area is 96.9 Å². The van der Waals surface area contributed by atoms with Crippen molar-refractivity contribution in [2.24, 2.45) is 5.73 Å². The van der Waals surface area contributed by atoms with Crippen molar-refractivity contribution in [2.75, 3.05) is 13.1 Å². The zero-order valence-corrected chi connectivity index (χ0v) is 10.2. The fourth-order valence-corrected chi connectivity index (χ4v) is 1.76. The van der Waals surface area contributed by atoms with Crippen LogP contribution in [0.1, 0.15) is 39.5 Å². The van der Waals surface area contributed by atoms with Gasteiger partial charge in [0.25, 0.3) is 0 Å². The molecule has 0 aromatic carbocycles. The minimum atomic E-state index is -0.714. The summed E-state index contributed by atoms with van der Waals surface area (Å²) in [6.07, 6.45) is 3.95. The van der Waals surface area contributed by atoms with Gasteiger partial charge in [-0.05, 0) is 32.6 Å². The minimum Gasteiger partial charge on any atom is -0.386 e. The normalized spacial score (nSPS) is 20.0. The zero-order valence-electron chi connectivity index (χ0n) is 10.2. The summed E-state index contributed by atoms with van der Waals surface area (Å²) >= 11 is 0. The van der Waals surface area contributed by atoms with E-state index in [1.165, 1.54) is 6.42 Å². The van der Waals surface area contributed by atoms with Gasteiger partial charge in [0.15, 0.2) is 0 Å². The highest BCUT2D eigenvalue weighted by Crippen LogP contribution is 2.12. The number of carbonyl (C=O) groups excluding carboxylic acids is 1. The molecule has 0 aliphatic carbocycles. The maximum atomic E-state index is 11.9. The second-order valence-corrected chi connectivity index (χ2v) is 4.58. The van der Waals surface area contributed by atoms with Gasteiger partial charge in [-0.2, -0.15) is 0 Å². The SMILES string of the molecule is CCC(C)(NC(=O)N1CCCCC1)C(=N)N. The first-order valence-corrected chi connectivity index (χ1v) is 5.91. The molecule has 0 spiro atoms. The van der Waals surface area contributed by atoms with E-state index in [4.69, 9.17) is 11.1 Å². The fourth-order valence-electron chi connectivity index (χ4n) is 1.76. The van der Waals surface area contributed by atoms with Gasteiger partial charge in [0.05, 0.1) is 5.54 Å². The van der Waals surface area contributed by atoms with E-state index in [9.17, 15) is 4.79 Å². The van der Waals surface area contributed by atoms with E-state index in [0.29, 0.717) is 6.42 Å². The van der Waals surface area contributed by atoms with Crippen LogP contribution in [0.25, 0.3) is 0 Å². The smallest absolute Gasteiger partial charge is 0.318 e. The van der Waals surface area contributed by atoms with Crippen molar-refractivity contribution >= 4 is 11.9 Å². The molecule has 0 bridgehead atoms. The van der Waals surface area contributed by atoms with Gasteiger partial charge in [-0.25, -0.2) is 4.79 Å². The number of piperidine rings is 1. The van der Waals surface area contributed by atoms with Crippen molar-refractivity contribution in [3.8, 4) is 0 Å². The molecule has 2 amide bonds. The Morgan fingerprint density at radius 1 is 1.44 bits per heavy atom. The van der Waals surface area contributed by atoms with Crippen molar-refractivity contribution in [1.82, 2.24) is 10.2 Å². The van der Waals surface area contributed by atoms with E-state index in [0.717, 1.165) is 25.9 Å². The lowest BCUT2D eigenvalue weighted by Gasteiger charge is -2.33. The Morgan fingerprint density at radius 3 is 2.44 bits per heavy atom. The Kier molecular flexibility index (Phi) is 4.15. The number of hydrogen-bond acceptors (Lipinski definition) is 2. The largest absolute Gasteiger partial charge is 0.386 e. The van der Waals surface area contributed by atoms with E-state index in [2.05, 4.69) is 5.32 Å². The van der Waals surface area contributed by atoms with Crippen molar-refractivity contribution in [2.45, 2.75) is 45.1 Å². The lowest BCUT2D eigenvalue weighted by Crippen LogP contribution is -2.58. The lowest BCUT2D eigenvalue weighted by molar-refractivity contribution is 0.179. The maximum Gasteiger partial charge on any atom is 0.318 e. The molecule has 5 heteroatoms. The molecule has 1 fully saturated rings. The number of nitrogens with two attached hydrogens (primary N) is 1. The quantitative estimate of drug-likeness (QED) is 0.500. The molecule has 1 saturated heterocycles. The van der Waals surface area contributed by atoms with Gasteiger partial charge >= 0.3 is 6.03 Å². The van der Waals surface area contributed by atoms with Gasteiger partial charge in [0, 0.05) is 13.1 Å². The van der Waals surface area contributed by atoms with Crippen LogP contribution in [-0.2, 0) is 0 Å². The first-order chi connectivity index (χ1) is 7.49. The highest BCUT2D eigenvalue weighted by Gasteiger charge is 2.30. The Balaban J connectivity index is 2.57. The van der Waals surface area contributed by atoms with Crippen LogP contribution in [0.3, 0.4) is 0 Å². The molecule has 5 nitrogen and oxygen atoms in total. The molecular formula is C11H22N4O. The molecule has 0 radical (unpaired) electrons. The first kappa shape index (κ1) is 12.8. The van der Waals surface area contributed by atoms with Crippen molar-refractivity contribution in [3.63, 3.8) is 0 Å². The van der Waals surface area contributed by atoms with Crippen LogP contribution >= 0.6 is 0 Å². The van der Waals surface area contributed by atoms with Crippen LogP contribution in [0.4, 0.5) is 4.79 Å². The molecule has 1 rings (SSSR count). The highest BCUT2D eigenvalue weighted by atomic mass is 16.2. The van der Waals surface area contributed by atoms with E-state index in [-0.39, 0.29) is 11.9 Å². The van der Waals surface area contributed by atoms with Gasteiger partial charge < -0.3 is 16.0 Å². The summed E-state index contributed by atoms with van der Waals surface area (Å²) in [6.45, 7) is 5.32. The predicted molar refractivity (Wildman–Crippen MR) is 64.6 cm³/mol. The monoisotopic (exact) mass is 226 g/mol. The van der Waals surface area contributed by atoms with Crippen LogP contribution in [0.2, 0.25) is 0 Å². The minimum absolute atomic E-state index is 0.0142. The molecule has 1 heterocycles. The Bertz CT molecular complexity index is 273. The second kappa shape index (κ2) is 5.18. The van der Waals surface area contributed by atoms with E-state index < -0.39 is 5.54 Å². The molecule has 1 aliphatic heterocycles. The first-order valence-electron chi connectivity index (χ1n) is 5.91. The average molecular weight is 226 g/mol. The summed E-state index contributed by atoms with van der Waals surface area (Å²) in [7, 11) is 0. The molecule has 1 atom stereocenters. The number of carbonyl (C=O) groups is 1. The van der Waals surface area contributed by atoms with Crippen LogP contribution in [-0.4, -0.2) is 35.4 Å². The molecular weight excluding hydrogens is 204 g/mol. The zero-order chi connectivity index (χ0) is 12.2. The molecule has 0 aromatic heterocycles. The van der Waals surface area contributed by atoms with Crippen LogP contribution in [0.5, 0.6) is 0 Å². The Hall–Kier alpha value is -1.26. The number of nitrogens with one attached hydrogen (secondary N) is 2. The number of rotatable bonds is 3. The molecule has 0 saturated carbocycles. The lowest BCUT2D eigenvalue weighted by atomic mass is 9.98. The summed E-state index contributed by atoms with van der Waals surface area (Å²) in [5.41, 5.74) is 4.80. The third kappa shape index (κ3) is 2.87. The number of urea groups is 1. The molecule has 1 unspecified atom stereocenters. The predicted octanol–water partition coefficient (Wildman–Crippen LogP) is 1.29. The van der Waals surface area contributed by atoms with Crippen molar-refractivity contribution in [3.05, 3.63) is 0 Å². The number of hydrogen-bond donors (Lipinski definition) is 3. The highest BCUT2D eigenvalue weighted by molar-refractivity contribution is 5.91. The van der Waals surface area contributed by atoms with Crippen molar-refractivity contribution < 1.29 is 4.79 Å². The molecule has 1 aliphatic rings. The van der Waals surface area contributed by atoms with Gasteiger partial charge in [-0.1, -0.05) is 6.92 Å². The summed E-state index contributed by atoms with van der Waals surface area (Å²) in [4.78, 5) is 13.7. The molecule has 0 aromatic rings. The summed E-state index contributed by atoms with van der Waals surface area (Å²) in [6, 6.07) is -0.0979. The number of amidine groups is 1. The number of amides is 2. The summed E-state index contributed by atoms with van der Waals surface area (Å²) < 4.78 is 0. The van der Waals surface area contributed by atoms with Gasteiger partial charge in [0.1, 0.15) is 5.84 Å². The van der Waals surface area contributed by atoms with E-state index >= 15 is 0 Å². The Morgan fingerprint density at radius 2 is 2.00 bits per heavy atom. The summed E-state index contributed by atoms with van der Waals surface area (Å²) in [5, 5.41) is 10.3. The molecule has 16 heavy (non-hydrogen) atoms. The number of likely N-dealkylation sites (tertiary alicyclic amines) is 1. The van der Waals surface area contributed by atoms with E-state index in [1.807, 2.05) is 6.92 Å². The van der Waals surface area contributed by atoms with Crippen LogP contribution < -0.4 is 11.1 Å². The number of nitrogens with zero attached hydrogens (tertiary/aromatic N) is 1. The fraction of sp³-hybridized carbons (Fsp3) is 0.818. The third-order valence-electron chi connectivity index (χ3n) is 3.33. The topological polar surface area (TPSA) is 82.2 Å². The third-order valence-corrected chi connectivity index (χ3v) is 3.33. The molecule has 4 N–H and O–H groups in total. The second-order valence-electron chi connectivity index (χ2n) is 4.58. The van der Waals surface area contributed by atoms with Gasteiger partial charge in [-0.15, -0.1) is 0 Å². The van der Waals surface area contributed by atoms with E-state index in [1.54, 1.807) is 11.8 Å². The van der Waals surface area contributed by atoms with Crippen molar-refractivity contribution in [1.29, 1.82) is 5.41 Å². The summed E-state index contributed by atoms with van der Waals surface area (Å²) in [5.74, 6) is 0.0142.